The standard InChI is InChI=1S/C16H17N5O2/c1-10-5-4-6-11(2)15(10)17-14(22)9-21-19-16(18-20-21)13-8-7-12(3)23-13/h4-8H,9H2,1-3H3,(H,17,22). The van der Waals surface area contributed by atoms with E-state index in [2.05, 4.69) is 20.7 Å². The minimum atomic E-state index is -0.207. The highest BCUT2D eigenvalue weighted by atomic mass is 16.3. The fourth-order valence-electron chi connectivity index (χ4n) is 2.28. The van der Waals surface area contributed by atoms with Crippen LogP contribution in [0.4, 0.5) is 5.69 Å². The van der Waals surface area contributed by atoms with E-state index in [9.17, 15) is 4.79 Å². The van der Waals surface area contributed by atoms with Gasteiger partial charge in [0.25, 0.3) is 0 Å². The summed E-state index contributed by atoms with van der Waals surface area (Å²) in [5.41, 5.74) is 2.84. The molecule has 2 heterocycles. The van der Waals surface area contributed by atoms with Gasteiger partial charge in [-0.3, -0.25) is 4.79 Å². The van der Waals surface area contributed by atoms with Crippen LogP contribution in [0.25, 0.3) is 11.6 Å². The van der Waals surface area contributed by atoms with Gasteiger partial charge in [-0.05, 0) is 49.2 Å². The molecule has 3 aromatic rings. The highest BCUT2D eigenvalue weighted by molar-refractivity contribution is 5.92. The lowest BCUT2D eigenvalue weighted by atomic mass is 10.1. The summed E-state index contributed by atoms with van der Waals surface area (Å²) in [6.07, 6.45) is 0. The molecular formula is C16H17N5O2. The number of para-hydroxylation sites is 1. The highest BCUT2D eigenvalue weighted by Gasteiger charge is 2.13. The summed E-state index contributed by atoms with van der Waals surface area (Å²) < 4.78 is 5.44. The Balaban J connectivity index is 1.70. The zero-order valence-corrected chi connectivity index (χ0v) is 13.2. The van der Waals surface area contributed by atoms with Gasteiger partial charge < -0.3 is 9.73 Å². The van der Waals surface area contributed by atoms with Crippen LogP contribution in [0, 0.1) is 20.8 Å². The molecule has 0 saturated heterocycles. The van der Waals surface area contributed by atoms with Crippen LogP contribution in [0.1, 0.15) is 16.9 Å². The molecule has 0 spiro atoms. The molecule has 23 heavy (non-hydrogen) atoms. The number of carbonyl (C=O) groups is 1. The van der Waals surface area contributed by atoms with E-state index in [1.54, 1.807) is 6.07 Å². The van der Waals surface area contributed by atoms with Crippen LogP contribution in [0.15, 0.2) is 34.7 Å². The monoisotopic (exact) mass is 311 g/mol. The Morgan fingerprint density at radius 2 is 1.91 bits per heavy atom. The minimum absolute atomic E-state index is 0.0134. The van der Waals surface area contributed by atoms with Gasteiger partial charge in [0.1, 0.15) is 12.3 Å². The molecule has 0 fully saturated rings. The summed E-state index contributed by atoms with van der Waals surface area (Å²) in [4.78, 5) is 13.4. The Bertz CT molecular complexity index is 830. The Labute approximate surface area is 133 Å². The van der Waals surface area contributed by atoms with Crippen molar-refractivity contribution in [2.45, 2.75) is 27.3 Å². The normalized spacial score (nSPS) is 10.7. The third-order valence-electron chi connectivity index (χ3n) is 3.44. The third kappa shape index (κ3) is 3.28. The second-order valence-corrected chi connectivity index (χ2v) is 5.37. The zero-order chi connectivity index (χ0) is 16.4. The molecule has 2 aromatic heterocycles. The average molecular weight is 311 g/mol. The van der Waals surface area contributed by atoms with Crippen molar-refractivity contribution < 1.29 is 9.21 Å². The van der Waals surface area contributed by atoms with Crippen LogP contribution in [0.5, 0.6) is 0 Å². The molecule has 1 aromatic carbocycles. The molecule has 118 valence electrons. The Kier molecular flexibility index (Phi) is 3.92. The summed E-state index contributed by atoms with van der Waals surface area (Å²) in [5, 5.41) is 14.8. The lowest BCUT2D eigenvalue weighted by Gasteiger charge is -2.10. The van der Waals surface area contributed by atoms with E-state index in [-0.39, 0.29) is 12.5 Å². The number of rotatable bonds is 4. The molecule has 1 amide bonds. The van der Waals surface area contributed by atoms with Gasteiger partial charge in [-0.15, -0.1) is 10.2 Å². The van der Waals surface area contributed by atoms with Gasteiger partial charge in [-0.25, -0.2) is 0 Å². The van der Waals surface area contributed by atoms with Crippen LogP contribution in [0.3, 0.4) is 0 Å². The molecule has 0 saturated carbocycles. The predicted octanol–water partition coefficient (Wildman–Crippen LogP) is 2.50. The van der Waals surface area contributed by atoms with Crippen LogP contribution >= 0.6 is 0 Å². The van der Waals surface area contributed by atoms with Crippen molar-refractivity contribution in [1.82, 2.24) is 20.2 Å². The number of carbonyl (C=O) groups excluding carboxylic acids is 1. The fraction of sp³-hybridized carbons (Fsp3) is 0.250. The molecule has 0 aliphatic rings. The summed E-state index contributed by atoms with van der Waals surface area (Å²) in [7, 11) is 0. The topological polar surface area (TPSA) is 85.8 Å². The van der Waals surface area contributed by atoms with Gasteiger partial charge in [0.2, 0.25) is 11.7 Å². The molecule has 0 atom stereocenters. The van der Waals surface area contributed by atoms with Crippen molar-refractivity contribution in [2.75, 3.05) is 5.32 Å². The number of furan rings is 1. The molecule has 1 N–H and O–H groups in total. The van der Waals surface area contributed by atoms with E-state index in [1.807, 2.05) is 45.0 Å². The number of benzene rings is 1. The maximum Gasteiger partial charge on any atom is 0.248 e. The number of nitrogens with zero attached hydrogens (tertiary/aromatic N) is 4. The second kappa shape index (κ2) is 6.04. The van der Waals surface area contributed by atoms with Gasteiger partial charge in [-0.2, -0.15) is 4.80 Å². The number of tetrazole rings is 1. The van der Waals surface area contributed by atoms with Crippen LogP contribution in [-0.4, -0.2) is 26.1 Å². The summed E-state index contributed by atoms with van der Waals surface area (Å²) in [5.74, 6) is 1.45. The van der Waals surface area contributed by atoms with Crippen molar-refractivity contribution in [3.63, 3.8) is 0 Å². The lowest BCUT2D eigenvalue weighted by molar-refractivity contribution is -0.117. The van der Waals surface area contributed by atoms with E-state index < -0.39 is 0 Å². The Hall–Kier alpha value is -2.96. The first-order chi connectivity index (χ1) is 11.0. The predicted molar refractivity (Wildman–Crippen MR) is 84.8 cm³/mol. The van der Waals surface area contributed by atoms with Gasteiger partial charge in [-0.1, -0.05) is 18.2 Å². The minimum Gasteiger partial charge on any atom is -0.458 e. The molecule has 7 heteroatoms. The fourth-order valence-corrected chi connectivity index (χ4v) is 2.28. The lowest BCUT2D eigenvalue weighted by Crippen LogP contribution is -2.21. The van der Waals surface area contributed by atoms with E-state index in [0.717, 1.165) is 22.6 Å². The quantitative estimate of drug-likeness (QED) is 0.800. The van der Waals surface area contributed by atoms with E-state index in [4.69, 9.17) is 4.42 Å². The number of aryl methyl sites for hydroxylation is 3. The second-order valence-electron chi connectivity index (χ2n) is 5.37. The molecule has 0 aliphatic heterocycles. The first kappa shape index (κ1) is 15.0. The summed E-state index contributed by atoms with van der Waals surface area (Å²) in [6, 6.07) is 9.45. The first-order valence-electron chi connectivity index (χ1n) is 7.23. The van der Waals surface area contributed by atoms with Gasteiger partial charge in [0, 0.05) is 5.69 Å². The number of aromatic nitrogens is 4. The summed E-state index contributed by atoms with van der Waals surface area (Å²) >= 11 is 0. The largest absolute Gasteiger partial charge is 0.458 e. The van der Waals surface area contributed by atoms with Crippen molar-refractivity contribution in [3.05, 3.63) is 47.2 Å². The Morgan fingerprint density at radius 1 is 1.17 bits per heavy atom. The number of anilines is 1. The molecule has 0 aliphatic carbocycles. The van der Waals surface area contributed by atoms with Crippen molar-refractivity contribution in [2.24, 2.45) is 0 Å². The maximum atomic E-state index is 12.2. The van der Waals surface area contributed by atoms with E-state index in [1.165, 1.54) is 4.80 Å². The average Bonchev–Trinajstić information content (AvgIpc) is 3.12. The van der Waals surface area contributed by atoms with Gasteiger partial charge in [0.15, 0.2) is 5.76 Å². The van der Waals surface area contributed by atoms with Gasteiger partial charge >= 0.3 is 0 Å². The number of hydrogen-bond acceptors (Lipinski definition) is 5. The Morgan fingerprint density at radius 3 is 2.57 bits per heavy atom. The van der Waals surface area contributed by atoms with Crippen molar-refractivity contribution in [3.8, 4) is 11.6 Å². The maximum absolute atomic E-state index is 12.2. The third-order valence-corrected chi connectivity index (χ3v) is 3.44. The zero-order valence-electron chi connectivity index (χ0n) is 13.2. The highest BCUT2D eigenvalue weighted by Crippen LogP contribution is 2.19. The molecule has 0 bridgehead atoms. The number of hydrogen-bond donors (Lipinski definition) is 1. The molecule has 0 radical (unpaired) electrons. The van der Waals surface area contributed by atoms with Crippen molar-refractivity contribution >= 4 is 11.6 Å². The first-order valence-corrected chi connectivity index (χ1v) is 7.23. The summed E-state index contributed by atoms with van der Waals surface area (Å²) in [6.45, 7) is 5.73. The van der Waals surface area contributed by atoms with E-state index in [0.29, 0.717) is 11.6 Å². The van der Waals surface area contributed by atoms with Gasteiger partial charge in [0.05, 0.1) is 0 Å². The number of nitrogens with one attached hydrogen (secondary N) is 1. The van der Waals surface area contributed by atoms with E-state index >= 15 is 0 Å². The van der Waals surface area contributed by atoms with Crippen LogP contribution in [0.2, 0.25) is 0 Å². The van der Waals surface area contributed by atoms with Crippen LogP contribution < -0.4 is 5.32 Å². The van der Waals surface area contributed by atoms with Crippen molar-refractivity contribution in [1.29, 1.82) is 0 Å². The molecule has 0 unspecified atom stereocenters. The molecule has 3 rings (SSSR count). The number of amides is 1. The molecule has 7 nitrogen and oxygen atoms in total. The molecular weight excluding hydrogens is 294 g/mol. The smallest absolute Gasteiger partial charge is 0.248 e. The van der Waals surface area contributed by atoms with Crippen LogP contribution in [-0.2, 0) is 11.3 Å². The SMILES string of the molecule is Cc1ccc(-c2nnn(CC(=O)Nc3c(C)cccc3C)n2)o1.